The molecule has 0 aromatic rings. The number of carboxylic acid groups (broad SMARTS) is 1. The fourth-order valence-corrected chi connectivity index (χ4v) is 0.893. The monoisotopic (exact) mass is 219 g/mol. The van der Waals surface area contributed by atoms with Crippen LogP contribution in [0.1, 0.15) is 13.3 Å². The average Bonchev–Trinajstić information content (AvgIpc) is 2.14. The van der Waals surface area contributed by atoms with Crippen molar-refractivity contribution < 1.29 is 24.5 Å². The zero-order valence-electron chi connectivity index (χ0n) is 8.73. The Labute approximate surface area is 88.2 Å². The van der Waals surface area contributed by atoms with E-state index in [-0.39, 0.29) is 25.0 Å². The first-order valence-electron chi connectivity index (χ1n) is 4.73. The number of carbonyl (C=O) groups excluding carboxylic acids is 1. The van der Waals surface area contributed by atoms with Crippen LogP contribution >= 0.6 is 0 Å². The van der Waals surface area contributed by atoms with E-state index >= 15 is 0 Å². The smallest absolute Gasteiger partial charge is 0.329 e. The van der Waals surface area contributed by atoms with Gasteiger partial charge in [0.05, 0.1) is 0 Å². The van der Waals surface area contributed by atoms with E-state index < -0.39 is 12.6 Å². The molecule has 0 aliphatic rings. The minimum absolute atomic E-state index is 0.0898. The first-order valence-corrected chi connectivity index (χ1v) is 4.73. The summed E-state index contributed by atoms with van der Waals surface area (Å²) in [5.74, 6) is -1.25. The molecule has 0 heterocycles. The summed E-state index contributed by atoms with van der Waals surface area (Å²) in [6.07, 6.45) is 0.621. The summed E-state index contributed by atoms with van der Waals surface area (Å²) in [4.78, 5) is 21.1. The first kappa shape index (κ1) is 13.9. The van der Waals surface area contributed by atoms with Crippen LogP contribution in [-0.2, 0) is 14.3 Å². The molecule has 1 atom stereocenters. The maximum atomic E-state index is 11.0. The lowest BCUT2D eigenvalue weighted by Crippen LogP contribution is -2.32. The molecule has 6 nitrogen and oxygen atoms in total. The fourth-order valence-electron chi connectivity index (χ4n) is 0.893. The number of aliphatic carboxylic acids is 1. The van der Waals surface area contributed by atoms with Gasteiger partial charge in [-0.25, -0.2) is 4.79 Å². The van der Waals surface area contributed by atoms with Gasteiger partial charge in [-0.3, -0.25) is 4.79 Å². The van der Waals surface area contributed by atoms with Crippen molar-refractivity contribution in [1.29, 1.82) is 0 Å². The van der Waals surface area contributed by atoms with E-state index in [9.17, 15) is 9.59 Å². The molecule has 0 spiro atoms. The quantitative estimate of drug-likeness (QED) is 0.498. The van der Waals surface area contributed by atoms with Gasteiger partial charge < -0.3 is 20.3 Å². The third-order valence-electron chi connectivity index (χ3n) is 1.73. The van der Waals surface area contributed by atoms with Crippen LogP contribution in [0.25, 0.3) is 0 Å². The Kier molecular flexibility index (Phi) is 7.57. The van der Waals surface area contributed by atoms with Crippen LogP contribution in [0.5, 0.6) is 0 Å². The lowest BCUT2D eigenvalue weighted by molar-refractivity contribution is -0.143. The highest BCUT2D eigenvalue weighted by Crippen LogP contribution is 1.97. The van der Waals surface area contributed by atoms with E-state index in [0.717, 1.165) is 0 Å². The van der Waals surface area contributed by atoms with Gasteiger partial charge in [0.2, 0.25) is 5.91 Å². The van der Waals surface area contributed by atoms with Crippen LogP contribution < -0.4 is 5.32 Å². The molecule has 1 amide bonds. The van der Waals surface area contributed by atoms with Crippen LogP contribution in [-0.4, -0.2) is 48.5 Å². The standard InChI is InChI=1S/C9H17NO5/c1-7(2-3-11)4-10-8(12)5-15-6-9(13)14/h7,11H,2-6H2,1H3,(H,10,12)(H,13,14). The number of amides is 1. The summed E-state index contributed by atoms with van der Waals surface area (Å²) in [6.45, 7) is 1.72. The SMILES string of the molecule is CC(CCO)CNC(=O)COCC(=O)O. The highest BCUT2D eigenvalue weighted by Gasteiger charge is 2.06. The molecule has 0 saturated carbocycles. The summed E-state index contributed by atoms with van der Waals surface area (Å²) < 4.78 is 4.59. The maximum absolute atomic E-state index is 11.0. The minimum Gasteiger partial charge on any atom is -0.480 e. The highest BCUT2D eigenvalue weighted by molar-refractivity contribution is 5.77. The molecule has 1 unspecified atom stereocenters. The van der Waals surface area contributed by atoms with Crippen molar-refractivity contribution >= 4 is 11.9 Å². The number of ether oxygens (including phenoxy) is 1. The van der Waals surface area contributed by atoms with Gasteiger partial charge in [-0.1, -0.05) is 6.92 Å². The van der Waals surface area contributed by atoms with Gasteiger partial charge in [-0.2, -0.15) is 0 Å². The second-order valence-electron chi connectivity index (χ2n) is 3.31. The summed E-state index contributed by atoms with van der Waals surface area (Å²) in [6, 6.07) is 0. The molecule has 6 heteroatoms. The van der Waals surface area contributed by atoms with Gasteiger partial charge in [-0.15, -0.1) is 0 Å². The molecular formula is C9H17NO5. The Balaban J connectivity index is 3.44. The number of hydrogen-bond donors (Lipinski definition) is 3. The Hall–Kier alpha value is -1.14. The lowest BCUT2D eigenvalue weighted by Gasteiger charge is -2.10. The minimum atomic E-state index is -1.10. The van der Waals surface area contributed by atoms with Crippen molar-refractivity contribution in [1.82, 2.24) is 5.32 Å². The number of aliphatic hydroxyl groups excluding tert-OH is 1. The number of aliphatic hydroxyl groups is 1. The normalized spacial score (nSPS) is 12.1. The third kappa shape index (κ3) is 9.17. The van der Waals surface area contributed by atoms with Gasteiger partial charge in [0.25, 0.3) is 0 Å². The molecule has 0 bridgehead atoms. The zero-order valence-corrected chi connectivity index (χ0v) is 8.73. The molecule has 0 aliphatic heterocycles. The Morgan fingerprint density at radius 3 is 2.60 bits per heavy atom. The summed E-state index contributed by atoms with van der Waals surface area (Å²) in [5.41, 5.74) is 0. The number of hydrogen-bond acceptors (Lipinski definition) is 4. The molecule has 3 N–H and O–H groups in total. The number of rotatable bonds is 8. The summed E-state index contributed by atoms with van der Waals surface area (Å²) >= 11 is 0. The van der Waals surface area contributed by atoms with Crippen molar-refractivity contribution in [3.8, 4) is 0 Å². The van der Waals surface area contributed by atoms with Crippen LogP contribution in [0.3, 0.4) is 0 Å². The van der Waals surface area contributed by atoms with Crippen molar-refractivity contribution in [3.63, 3.8) is 0 Å². The largest absolute Gasteiger partial charge is 0.480 e. The van der Waals surface area contributed by atoms with E-state index in [0.29, 0.717) is 13.0 Å². The fraction of sp³-hybridized carbons (Fsp3) is 0.778. The third-order valence-corrected chi connectivity index (χ3v) is 1.73. The van der Waals surface area contributed by atoms with Gasteiger partial charge in [0.15, 0.2) is 0 Å². The first-order chi connectivity index (χ1) is 7.06. The van der Waals surface area contributed by atoms with E-state index in [2.05, 4.69) is 10.1 Å². The molecule has 0 radical (unpaired) electrons. The summed E-state index contributed by atoms with van der Waals surface area (Å²) in [7, 11) is 0. The number of carbonyl (C=O) groups is 2. The van der Waals surface area contributed by atoms with Gasteiger partial charge in [0.1, 0.15) is 13.2 Å². The Morgan fingerprint density at radius 2 is 2.07 bits per heavy atom. The van der Waals surface area contributed by atoms with Crippen LogP contribution in [0.15, 0.2) is 0 Å². The predicted molar refractivity (Wildman–Crippen MR) is 52.3 cm³/mol. The number of carboxylic acids is 1. The van der Waals surface area contributed by atoms with Crippen LogP contribution in [0.4, 0.5) is 0 Å². The van der Waals surface area contributed by atoms with E-state index in [1.54, 1.807) is 0 Å². The van der Waals surface area contributed by atoms with Crippen molar-refractivity contribution in [2.75, 3.05) is 26.4 Å². The molecule has 0 aliphatic carbocycles. The van der Waals surface area contributed by atoms with E-state index in [1.165, 1.54) is 0 Å². The zero-order chi connectivity index (χ0) is 11.7. The second kappa shape index (κ2) is 8.19. The van der Waals surface area contributed by atoms with Crippen molar-refractivity contribution in [2.45, 2.75) is 13.3 Å². The van der Waals surface area contributed by atoms with Crippen LogP contribution in [0.2, 0.25) is 0 Å². The van der Waals surface area contributed by atoms with Gasteiger partial charge in [-0.05, 0) is 12.3 Å². The Morgan fingerprint density at radius 1 is 1.40 bits per heavy atom. The predicted octanol–water partition coefficient (Wildman–Crippen LogP) is -0.778. The average molecular weight is 219 g/mol. The molecule has 15 heavy (non-hydrogen) atoms. The topological polar surface area (TPSA) is 95.9 Å². The maximum Gasteiger partial charge on any atom is 0.329 e. The van der Waals surface area contributed by atoms with Crippen molar-refractivity contribution in [2.24, 2.45) is 5.92 Å². The molecule has 88 valence electrons. The molecule has 0 aromatic heterocycles. The van der Waals surface area contributed by atoms with Crippen LogP contribution in [0, 0.1) is 5.92 Å². The molecule has 0 fully saturated rings. The lowest BCUT2D eigenvalue weighted by atomic mass is 10.1. The van der Waals surface area contributed by atoms with Gasteiger partial charge >= 0.3 is 5.97 Å². The van der Waals surface area contributed by atoms with Crippen molar-refractivity contribution in [3.05, 3.63) is 0 Å². The molecule has 0 saturated heterocycles. The van der Waals surface area contributed by atoms with Gasteiger partial charge in [0, 0.05) is 13.2 Å². The molecule has 0 aromatic carbocycles. The van der Waals surface area contributed by atoms with E-state index in [4.69, 9.17) is 10.2 Å². The van der Waals surface area contributed by atoms with E-state index in [1.807, 2.05) is 6.92 Å². The second-order valence-corrected chi connectivity index (χ2v) is 3.31. The molecule has 0 rings (SSSR count). The number of nitrogens with one attached hydrogen (secondary N) is 1. The highest BCUT2D eigenvalue weighted by atomic mass is 16.5. The Bertz CT molecular complexity index is 207. The summed E-state index contributed by atoms with van der Waals surface area (Å²) in [5, 5.41) is 19.4. The molecular weight excluding hydrogens is 202 g/mol.